The summed E-state index contributed by atoms with van der Waals surface area (Å²) in [6.45, 7) is 3.80. The zero-order valence-electron chi connectivity index (χ0n) is 11.1. The summed E-state index contributed by atoms with van der Waals surface area (Å²) < 4.78 is 1.64. The molecule has 0 aromatic carbocycles. The Morgan fingerprint density at radius 2 is 2.11 bits per heavy atom. The minimum Gasteiger partial charge on any atom is -0.389 e. The molecule has 2 rings (SSSR count). The number of aromatic nitrogens is 5. The Morgan fingerprint density at radius 1 is 1.37 bits per heavy atom. The molecule has 0 spiro atoms. The molecule has 0 saturated heterocycles. The fourth-order valence-electron chi connectivity index (χ4n) is 1.68. The normalized spacial score (nSPS) is 11.6. The molecule has 0 saturated carbocycles. The van der Waals surface area contributed by atoms with Gasteiger partial charge in [0.15, 0.2) is 0 Å². The van der Waals surface area contributed by atoms with Crippen LogP contribution in [-0.2, 0) is 0 Å². The second kappa shape index (κ2) is 4.81. The van der Waals surface area contributed by atoms with E-state index in [1.54, 1.807) is 49.1 Å². The molecular formula is C11H17N7O. The van der Waals surface area contributed by atoms with Crippen molar-refractivity contribution in [2.45, 2.75) is 19.4 Å². The maximum Gasteiger partial charge on any atom is 0.241 e. The van der Waals surface area contributed by atoms with E-state index in [1.807, 2.05) is 0 Å². The summed E-state index contributed by atoms with van der Waals surface area (Å²) >= 11 is 0. The molecule has 102 valence electrons. The van der Waals surface area contributed by atoms with E-state index >= 15 is 0 Å². The van der Waals surface area contributed by atoms with E-state index in [2.05, 4.69) is 19.9 Å². The Kier molecular flexibility index (Phi) is 3.34. The first-order chi connectivity index (χ1) is 8.85. The quantitative estimate of drug-likeness (QED) is 0.789. The molecule has 8 nitrogen and oxygen atoms in total. The summed E-state index contributed by atoms with van der Waals surface area (Å²) in [7, 11) is 1.78. The molecule has 0 radical (unpaired) electrons. The molecule has 3 N–H and O–H groups in total. The van der Waals surface area contributed by atoms with Gasteiger partial charge in [-0.2, -0.15) is 15.0 Å². The lowest BCUT2D eigenvalue weighted by Gasteiger charge is -2.25. The summed E-state index contributed by atoms with van der Waals surface area (Å²) in [5.41, 5.74) is 4.83. The Balaban J connectivity index is 2.32. The predicted octanol–water partition coefficient (Wildman–Crippen LogP) is -0.153. The van der Waals surface area contributed by atoms with Crippen LogP contribution in [0.2, 0.25) is 0 Å². The Bertz CT molecular complexity index is 547. The third-order valence-electron chi connectivity index (χ3n) is 2.33. The van der Waals surface area contributed by atoms with Gasteiger partial charge in [-0.05, 0) is 13.8 Å². The molecule has 0 fully saturated rings. The number of hydrogen-bond donors (Lipinski definition) is 2. The van der Waals surface area contributed by atoms with E-state index in [1.165, 1.54) is 0 Å². The van der Waals surface area contributed by atoms with Gasteiger partial charge in [-0.3, -0.25) is 4.57 Å². The van der Waals surface area contributed by atoms with Crippen LogP contribution >= 0.6 is 0 Å². The van der Waals surface area contributed by atoms with Crippen molar-refractivity contribution in [2.24, 2.45) is 0 Å². The molecule has 0 amide bonds. The van der Waals surface area contributed by atoms with Crippen molar-refractivity contribution in [2.75, 3.05) is 24.2 Å². The SMILES string of the molecule is CN(CC(C)(C)O)c1nc(N)nc(-n2ccnc2)n1. The lowest BCUT2D eigenvalue weighted by atomic mass is 10.1. The highest BCUT2D eigenvalue weighted by Crippen LogP contribution is 2.13. The lowest BCUT2D eigenvalue weighted by Crippen LogP contribution is -2.37. The number of nitrogens with zero attached hydrogens (tertiary/aromatic N) is 6. The van der Waals surface area contributed by atoms with E-state index in [0.717, 1.165) is 0 Å². The van der Waals surface area contributed by atoms with Gasteiger partial charge in [0.25, 0.3) is 0 Å². The average Bonchev–Trinajstić information content (AvgIpc) is 2.79. The standard InChI is InChI=1S/C11H17N7O/c1-11(2,19)6-17(3)9-14-8(12)15-10(16-9)18-5-4-13-7-18/h4-5,7,19H,6H2,1-3H3,(H2,12,14,15,16). The smallest absolute Gasteiger partial charge is 0.241 e. The van der Waals surface area contributed by atoms with Crippen LogP contribution in [0.4, 0.5) is 11.9 Å². The van der Waals surface area contributed by atoms with Crippen molar-refractivity contribution < 1.29 is 5.11 Å². The van der Waals surface area contributed by atoms with Gasteiger partial charge >= 0.3 is 0 Å². The summed E-state index contributed by atoms with van der Waals surface area (Å²) in [6, 6.07) is 0. The van der Waals surface area contributed by atoms with Crippen LogP contribution in [0, 0.1) is 0 Å². The second-order valence-corrected chi connectivity index (χ2v) is 4.93. The fourth-order valence-corrected chi connectivity index (χ4v) is 1.68. The fraction of sp³-hybridized carbons (Fsp3) is 0.455. The zero-order valence-corrected chi connectivity index (χ0v) is 11.1. The third-order valence-corrected chi connectivity index (χ3v) is 2.33. The molecule has 0 bridgehead atoms. The molecule has 2 aromatic rings. The van der Waals surface area contributed by atoms with E-state index in [-0.39, 0.29) is 5.95 Å². The number of nitrogens with two attached hydrogens (primary N) is 1. The van der Waals surface area contributed by atoms with Crippen molar-refractivity contribution in [3.8, 4) is 5.95 Å². The summed E-state index contributed by atoms with van der Waals surface area (Å²) in [6.07, 6.45) is 4.92. The van der Waals surface area contributed by atoms with Gasteiger partial charge in [-0.15, -0.1) is 0 Å². The third kappa shape index (κ3) is 3.38. The number of hydrogen-bond acceptors (Lipinski definition) is 7. The van der Waals surface area contributed by atoms with Crippen LogP contribution < -0.4 is 10.6 Å². The Morgan fingerprint density at radius 3 is 2.68 bits per heavy atom. The van der Waals surface area contributed by atoms with Gasteiger partial charge in [-0.25, -0.2) is 4.98 Å². The van der Waals surface area contributed by atoms with Crippen LogP contribution in [0.1, 0.15) is 13.8 Å². The van der Waals surface area contributed by atoms with Crippen LogP contribution in [-0.4, -0.2) is 48.8 Å². The molecule has 0 unspecified atom stereocenters. The molecule has 19 heavy (non-hydrogen) atoms. The minimum atomic E-state index is -0.856. The van der Waals surface area contributed by atoms with Gasteiger partial charge in [0.05, 0.1) is 5.60 Å². The first kappa shape index (κ1) is 13.2. The minimum absolute atomic E-state index is 0.122. The van der Waals surface area contributed by atoms with Gasteiger partial charge in [0.2, 0.25) is 17.8 Å². The van der Waals surface area contributed by atoms with Gasteiger partial charge in [0.1, 0.15) is 6.33 Å². The first-order valence-corrected chi connectivity index (χ1v) is 5.78. The molecule has 0 aliphatic rings. The molecular weight excluding hydrogens is 246 g/mol. The Hall–Kier alpha value is -2.22. The predicted molar refractivity (Wildman–Crippen MR) is 70.9 cm³/mol. The average molecular weight is 263 g/mol. The summed E-state index contributed by atoms with van der Waals surface area (Å²) in [5, 5.41) is 9.81. The van der Waals surface area contributed by atoms with Crippen LogP contribution in [0.3, 0.4) is 0 Å². The second-order valence-electron chi connectivity index (χ2n) is 4.93. The van der Waals surface area contributed by atoms with Crippen LogP contribution in [0.5, 0.6) is 0 Å². The maximum absolute atomic E-state index is 9.81. The maximum atomic E-state index is 9.81. The van der Waals surface area contributed by atoms with E-state index in [0.29, 0.717) is 18.4 Å². The highest BCUT2D eigenvalue weighted by Gasteiger charge is 2.18. The molecule has 2 aromatic heterocycles. The summed E-state index contributed by atoms with van der Waals surface area (Å²) in [4.78, 5) is 18.1. The van der Waals surface area contributed by atoms with Gasteiger partial charge < -0.3 is 15.7 Å². The zero-order chi connectivity index (χ0) is 14.0. The topological polar surface area (TPSA) is 106 Å². The van der Waals surface area contributed by atoms with Crippen molar-refractivity contribution in [1.29, 1.82) is 0 Å². The van der Waals surface area contributed by atoms with E-state index in [4.69, 9.17) is 5.73 Å². The van der Waals surface area contributed by atoms with Gasteiger partial charge in [-0.1, -0.05) is 0 Å². The van der Waals surface area contributed by atoms with E-state index < -0.39 is 5.60 Å². The van der Waals surface area contributed by atoms with Crippen molar-refractivity contribution >= 4 is 11.9 Å². The first-order valence-electron chi connectivity index (χ1n) is 5.78. The molecule has 2 heterocycles. The van der Waals surface area contributed by atoms with Crippen molar-refractivity contribution in [3.63, 3.8) is 0 Å². The number of aliphatic hydroxyl groups is 1. The number of rotatable bonds is 4. The largest absolute Gasteiger partial charge is 0.389 e. The number of anilines is 2. The van der Waals surface area contributed by atoms with Crippen molar-refractivity contribution in [1.82, 2.24) is 24.5 Å². The highest BCUT2D eigenvalue weighted by molar-refractivity contribution is 5.37. The number of imidazole rings is 1. The Labute approximate surface area is 111 Å². The molecule has 0 aliphatic heterocycles. The van der Waals surface area contributed by atoms with Crippen LogP contribution in [0.15, 0.2) is 18.7 Å². The highest BCUT2D eigenvalue weighted by atomic mass is 16.3. The number of nitrogen functional groups attached to an aromatic ring is 1. The molecule has 0 aliphatic carbocycles. The molecule has 8 heteroatoms. The van der Waals surface area contributed by atoms with Crippen molar-refractivity contribution in [3.05, 3.63) is 18.7 Å². The van der Waals surface area contributed by atoms with Crippen LogP contribution in [0.25, 0.3) is 5.95 Å². The lowest BCUT2D eigenvalue weighted by molar-refractivity contribution is 0.0882. The summed E-state index contributed by atoms with van der Waals surface area (Å²) in [5.74, 6) is 0.914. The van der Waals surface area contributed by atoms with E-state index in [9.17, 15) is 5.11 Å². The monoisotopic (exact) mass is 263 g/mol. The number of likely N-dealkylation sites (N-methyl/N-ethyl adjacent to an activating group) is 1. The molecule has 0 atom stereocenters. The van der Waals surface area contributed by atoms with Gasteiger partial charge in [0, 0.05) is 26.0 Å².